The van der Waals surface area contributed by atoms with Crippen molar-refractivity contribution in [2.24, 2.45) is 0 Å². The number of carbonyl (C=O) groups is 2. The summed E-state index contributed by atoms with van der Waals surface area (Å²) in [4.78, 5) is 32.4. The van der Waals surface area contributed by atoms with Gasteiger partial charge in [0.1, 0.15) is 6.04 Å². The van der Waals surface area contributed by atoms with Gasteiger partial charge < -0.3 is 20.1 Å². The highest BCUT2D eigenvalue weighted by molar-refractivity contribution is 5.85. The summed E-state index contributed by atoms with van der Waals surface area (Å²) >= 11 is 0. The second-order valence-electron chi connectivity index (χ2n) is 4.39. The van der Waals surface area contributed by atoms with Gasteiger partial charge in [0.15, 0.2) is 0 Å². The lowest BCUT2D eigenvalue weighted by atomic mass is 10.2. The molecular weight excluding hydrogens is 276 g/mol. The van der Waals surface area contributed by atoms with Crippen LogP contribution in [0.2, 0.25) is 0 Å². The molecule has 1 atom stereocenters. The molecule has 8 nitrogen and oxygen atoms in total. The molecule has 1 aliphatic heterocycles. The lowest BCUT2D eigenvalue weighted by Gasteiger charge is -2.34. The largest absolute Gasteiger partial charge is 0.478 e. The van der Waals surface area contributed by atoms with Crippen molar-refractivity contribution in [3.05, 3.63) is 24.0 Å². The van der Waals surface area contributed by atoms with Crippen LogP contribution >= 0.6 is 0 Å². The van der Waals surface area contributed by atoms with E-state index in [9.17, 15) is 9.59 Å². The number of nitrogens with zero attached hydrogens (tertiary/aromatic N) is 3. The number of amides is 1. The number of hydrogen-bond acceptors (Lipinski definition) is 6. The summed E-state index contributed by atoms with van der Waals surface area (Å²) < 4.78 is 5.31. The summed E-state index contributed by atoms with van der Waals surface area (Å²) in [6.07, 6.45) is 5.44. The predicted molar refractivity (Wildman–Crippen MR) is 74.7 cm³/mol. The first-order valence-corrected chi connectivity index (χ1v) is 6.41. The van der Waals surface area contributed by atoms with E-state index < -0.39 is 12.0 Å². The summed E-state index contributed by atoms with van der Waals surface area (Å²) in [6, 6.07) is -0.468. The molecule has 2 rings (SSSR count). The fourth-order valence-electron chi connectivity index (χ4n) is 1.96. The van der Waals surface area contributed by atoms with E-state index in [1.807, 2.05) is 0 Å². The van der Waals surface area contributed by atoms with Crippen LogP contribution in [0, 0.1) is 0 Å². The molecule has 21 heavy (non-hydrogen) atoms. The predicted octanol–water partition coefficient (Wildman–Crippen LogP) is -0.474. The number of ether oxygens (including phenoxy) is 1. The summed E-state index contributed by atoms with van der Waals surface area (Å²) in [6.45, 7) is 1.30. The molecular formula is C13H16N4O4. The second-order valence-corrected chi connectivity index (χ2v) is 4.39. The van der Waals surface area contributed by atoms with Crippen molar-refractivity contribution in [2.45, 2.75) is 6.04 Å². The number of morpholine rings is 1. The van der Waals surface area contributed by atoms with E-state index >= 15 is 0 Å². The average Bonchev–Trinajstić information content (AvgIpc) is 2.52. The van der Waals surface area contributed by atoms with Crippen molar-refractivity contribution in [3.8, 4) is 0 Å². The Morgan fingerprint density at radius 3 is 2.81 bits per heavy atom. The normalized spacial score (nSPS) is 18.7. The van der Waals surface area contributed by atoms with Crippen LogP contribution in [-0.2, 0) is 14.3 Å². The van der Waals surface area contributed by atoms with Crippen molar-refractivity contribution in [2.75, 3.05) is 31.7 Å². The third-order valence-corrected chi connectivity index (χ3v) is 3.01. The van der Waals surface area contributed by atoms with Gasteiger partial charge >= 0.3 is 5.97 Å². The molecule has 2 heterocycles. The van der Waals surface area contributed by atoms with Gasteiger partial charge in [-0.2, -0.15) is 0 Å². The molecule has 1 aromatic heterocycles. The van der Waals surface area contributed by atoms with Gasteiger partial charge in [-0.3, -0.25) is 4.79 Å². The van der Waals surface area contributed by atoms with Crippen molar-refractivity contribution >= 4 is 23.9 Å². The Bertz CT molecular complexity index is 544. The van der Waals surface area contributed by atoms with E-state index in [1.165, 1.54) is 18.5 Å². The minimum absolute atomic E-state index is 0.159. The Morgan fingerprint density at radius 2 is 2.19 bits per heavy atom. The second kappa shape index (κ2) is 6.80. The van der Waals surface area contributed by atoms with Gasteiger partial charge in [0.25, 0.3) is 0 Å². The molecule has 1 aliphatic rings. The van der Waals surface area contributed by atoms with E-state index in [0.29, 0.717) is 24.7 Å². The van der Waals surface area contributed by atoms with Crippen LogP contribution in [0.5, 0.6) is 0 Å². The molecule has 1 fully saturated rings. The molecule has 2 N–H and O–H groups in total. The zero-order chi connectivity index (χ0) is 15.2. The van der Waals surface area contributed by atoms with Crippen LogP contribution in [-0.4, -0.2) is 59.8 Å². The number of carbonyl (C=O) groups excluding carboxylic acids is 1. The molecule has 1 unspecified atom stereocenters. The van der Waals surface area contributed by atoms with Crippen molar-refractivity contribution in [1.82, 2.24) is 15.3 Å². The van der Waals surface area contributed by atoms with Gasteiger partial charge in [-0.25, -0.2) is 14.8 Å². The maximum absolute atomic E-state index is 11.8. The molecule has 0 bridgehead atoms. The molecule has 0 spiro atoms. The maximum Gasteiger partial charge on any atom is 0.328 e. The number of carboxylic acid groups (broad SMARTS) is 1. The summed E-state index contributed by atoms with van der Waals surface area (Å²) in [5.74, 6) is -0.778. The highest BCUT2D eigenvalue weighted by Crippen LogP contribution is 2.15. The number of aromatic nitrogens is 2. The van der Waals surface area contributed by atoms with E-state index in [0.717, 1.165) is 6.08 Å². The zero-order valence-electron chi connectivity index (χ0n) is 11.5. The Balaban J connectivity index is 2.16. The highest BCUT2D eigenvalue weighted by atomic mass is 16.5. The Morgan fingerprint density at radius 1 is 1.48 bits per heavy atom. The number of rotatable bonds is 4. The molecule has 0 aliphatic carbocycles. The summed E-state index contributed by atoms with van der Waals surface area (Å²) in [5, 5.41) is 11.1. The van der Waals surface area contributed by atoms with E-state index in [4.69, 9.17) is 9.84 Å². The number of hydrogen-bond donors (Lipinski definition) is 2. The fraction of sp³-hybridized carbons (Fsp3) is 0.385. The highest BCUT2D eigenvalue weighted by Gasteiger charge is 2.30. The molecule has 1 saturated heterocycles. The molecule has 0 saturated carbocycles. The number of aliphatic carboxylic acids is 1. The first-order valence-electron chi connectivity index (χ1n) is 6.41. The zero-order valence-corrected chi connectivity index (χ0v) is 11.5. The van der Waals surface area contributed by atoms with Gasteiger partial charge in [-0.05, 0) is 6.08 Å². The third kappa shape index (κ3) is 3.76. The van der Waals surface area contributed by atoms with E-state index in [2.05, 4.69) is 15.3 Å². The Labute approximate surface area is 121 Å². The Kier molecular flexibility index (Phi) is 4.83. The molecule has 8 heteroatoms. The standard InChI is InChI=1S/C13H16N4O4/c1-14-12(20)10-8-21-5-4-17(10)13-15-6-9(7-16-13)2-3-11(18)19/h2-3,6-7,10H,4-5,8H2,1H3,(H,14,20)(H,18,19)/b3-2+. The fourth-order valence-corrected chi connectivity index (χ4v) is 1.96. The molecule has 0 radical (unpaired) electrons. The van der Waals surface area contributed by atoms with Crippen LogP contribution in [0.3, 0.4) is 0 Å². The molecule has 112 valence electrons. The quantitative estimate of drug-likeness (QED) is 0.722. The molecule has 1 aromatic rings. The minimum Gasteiger partial charge on any atom is -0.478 e. The third-order valence-electron chi connectivity index (χ3n) is 3.01. The van der Waals surface area contributed by atoms with Gasteiger partial charge in [0.05, 0.1) is 13.2 Å². The summed E-state index contributed by atoms with van der Waals surface area (Å²) in [7, 11) is 1.57. The number of carboxylic acids is 1. The Hall–Kier alpha value is -2.48. The average molecular weight is 292 g/mol. The number of nitrogens with one attached hydrogen (secondary N) is 1. The van der Waals surface area contributed by atoms with Crippen LogP contribution < -0.4 is 10.2 Å². The van der Waals surface area contributed by atoms with Gasteiger partial charge in [0, 0.05) is 37.6 Å². The van der Waals surface area contributed by atoms with Gasteiger partial charge in [-0.15, -0.1) is 0 Å². The lowest BCUT2D eigenvalue weighted by Crippen LogP contribution is -2.54. The maximum atomic E-state index is 11.8. The van der Waals surface area contributed by atoms with Crippen molar-refractivity contribution in [3.63, 3.8) is 0 Å². The van der Waals surface area contributed by atoms with Crippen LogP contribution in [0.4, 0.5) is 5.95 Å². The van der Waals surface area contributed by atoms with Crippen LogP contribution in [0.1, 0.15) is 5.56 Å². The molecule has 0 aromatic carbocycles. The smallest absolute Gasteiger partial charge is 0.328 e. The lowest BCUT2D eigenvalue weighted by molar-refractivity contribution is -0.131. The van der Waals surface area contributed by atoms with Gasteiger partial charge in [0.2, 0.25) is 11.9 Å². The van der Waals surface area contributed by atoms with Crippen LogP contribution in [0.25, 0.3) is 6.08 Å². The first kappa shape index (κ1) is 14.9. The molecule has 1 amide bonds. The number of likely N-dealkylation sites (N-methyl/N-ethyl adjacent to an activating group) is 1. The SMILES string of the molecule is CNC(=O)C1COCCN1c1ncc(/C=C/C(=O)O)cn1. The van der Waals surface area contributed by atoms with Gasteiger partial charge in [-0.1, -0.05) is 0 Å². The first-order chi connectivity index (χ1) is 10.1. The monoisotopic (exact) mass is 292 g/mol. The van der Waals surface area contributed by atoms with Crippen molar-refractivity contribution in [1.29, 1.82) is 0 Å². The topological polar surface area (TPSA) is 105 Å². The minimum atomic E-state index is -1.04. The summed E-state index contributed by atoms with van der Waals surface area (Å²) in [5.41, 5.74) is 0.575. The van der Waals surface area contributed by atoms with E-state index in [1.54, 1.807) is 11.9 Å². The van der Waals surface area contributed by atoms with Crippen LogP contribution in [0.15, 0.2) is 18.5 Å². The van der Waals surface area contributed by atoms with Crippen molar-refractivity contribution < 1.29 is 19.4 Å². The number of anilines is 1. The van der Waals surface area contributed by atoms with E-state index in [-0.39, 0.29) is 12.5 Å².